The summed E-state index contributed by atoms with van der Waals surface area (Å²) in [6.07, 6.45) is 6.20. The van der Waals surface area contributed by atoms with Crippen LogP contribution in [0.4, 0.5) is 0 Å². The lowest BCUT2D eigenvalue weighted by molar-refractivity contribution is -0.151. The molecule has 4 nitrogen and oxygen atoms in total. The SMILES string of the molecule is CC(NC(=O)COC(=O)C1(c2ccc(Cl)cc2)CC1)c1ccc2c(c1)CCCC2. The Morgan fingerprint density at radius 2 is 1.76 bits per heavy atom. The Labute approximate surface area is 176 Å². The summed E-state index contributed by atoms with van der Waals surface area (Å²) in [4.78, 5) is 24.9. The minimum Gasteiger partial charge on any atom is -0.455 e. The van der Waals surface area contributed by atoms with Crippen molar-refractivity contribution in [2.24, 2.45) is 0 Å². The van der Waals surface area contributed by atoms with Gasteiger partial charge in [-0.25, -0.2) is 0 Å². The second-order valence-electron chi connectivity index (χ2n) is 8.19. The zero-order chi connectivity index (χ0) is 20.4. The van der Waals surface area contributed by atoms with Crippen LogP contribution in [0.3, 0.4) is 0 Å². The number of ether oxygens (including phenoxy) is 1. The quantitative estimate of drug-likeness (QED) is 0.702. The van der Waals surface area contributed by atoms with Crippen molar-refractivity contribution in [2.45, 2.75) is 56.9 Å². The third-order valence-electron chi connectivity index (χ3n) is 6.12. The molecule has 1 atom stereocenters. The van der Waals surface area contributed by atoms with E-state index in [4.69, 9.17) is 16.3 Å². The van der Waals surface area contributed by atoms with E-state index in [1.165, 1.54) is 24.0 Å². The summed E-state index contributed by atoms with van der Waals surface area (Å²) in [6.45, 7) is 1.70. The minimum absolute atomic E-state index is 0.125. The van der Waals surface area contributed by atoms with Gasteiger partial charge in [-0.05, 0) is 79.8 Å². The minimum atomic E-state index is -0.616. The maximum atomic E-state index is 12.6. The summed E-state index contributed by atoms with van der Waals surface area (Å²) >= 11 is 5.93. The Morgan fingerprint density at radius 3 is 2.45 bits per heavy atom. The fourth-order valence-corrected chi connectivity index (χ4v) is 4.29. The van der Waals surface area contributed by atoms with Crippen LogP contribution >= 0.6 is 11.6 Å². The van der Waals surface area contributed by atoms with Crippen molar-refractivity contribution < 1.29 is 14.3 Å². The number of halogens is 1. The highest BCUT2D eigenvalue weighted by atomic mass is 35.5. The molecule has 0 aromatic heterocycles. The Kier molecular flexibility index (Phi) is 5.64. The van der Waals surface area contributed by atoms with Crippen LogP contribution in [0.25, 0.3) is 0 Å². The van der Waals surface area contributed by atoms with Gasteiger partial charge in [0.25, 0.3) is 5.91 Å². The molecule has 1 unspecified atom stereocenters. The molecule has 152 valence electrons. The molecular weight excluding hydrogens is 386 g/mol. The summed E-state index contributed by atoms with van der Waals surface area (Å²) < 4.78 is 5.36. The Balaban J connectivity index is 1.32. The van der Waals surface area contributed by atoms with Gasteiger partial charge in [0, 0.05) is 5.02 Å². The van der Waals surface area contributed by atoms with Crippen LogP contribution in [0.5, 0.6) is 0 Å². The second-order valence-corrected chi connectivity index (χ2v) is 8.63. The number of rotatable bonds is 6. The van der Waals surface area contributed by atoms with Gasteiger partial charge >= 0.3 is 5.97 Å². The first kappa shape index (κ1) is 20.0. The van der Waals surface area contributed by atoms with Gasteiger partial charge in [-0.2, -0.15) is 0 Å². The number of carbonyl (C=O) groups excluding carboxylic acids is 2. The van der Waals surface area contributed by atoms with E-state index in [0.29, 0.717) is 5.02 Å². The molecule has 0 aliphatic heterocycles. The van der Waals surface area contributed by atoms with Crippen molar-refractivity contribution in [1.29, 1.82) is 0 Å². The molecule has 1 fully saturated rings. The largest absolute Gasteiger partial charge is 0.455 e. The van der Waals surface area contributed by atoms with Gasteiger partial charge in [0.2, 0.25) is 0 Å². The number of hydrogen-bond acceptors (Lipinski definition) is 3. The summed E-state index contributed by atoms with van der Waals surface area (Å²) in [5, 5.41) is 3.58. The van der Waals surface area contributed by atoms with Crippen LogP contribution in [0.2, 0.25) is 5.02 Å². The molecule has 2 aromatic rings. The van der Waals surface area contributed by atoms with Gasteiger partial charge < -0.3 is 10.1 Å². The fourth-order valence-electron chi connectivity index (χ4n) is 4.16. The van der Waals surface area contributed by atoms with Crippen LogP contribution in [-0.4, -0.2) is 18.5 Å². The van der Waals surface area contributed by atoms with Crippen LogP contribution in [0, 0.1) is 0 Å². The summed E-state index contributed by atoms with van der Waals surface area (Å²) in [5.74, 6) is -0.619. The molecule has 2 aromatic carbocycles. The first-order chi connectivity index (χ1) is 14.0. The van der Waals surface area contributed by atoms with E-state index in [9.17, 15) is 9.59 Å². The van der Waals surface area contributed by atoms with Gasteiger partial charge in [-0.3, -0.25) is 9.59 Å². The third kappa shape index (κ3) is 4.32. The van der Waals surface area contributed by atoms with Gasteiger partial charge in [-0.15, -0.1) is 0 Å². The standard InChI is InChI=1S/C24H26ClNO3/c1-16(18-7-6-17-4-2-3-5-19(17)14-18)26-22(27)15-29-23(28)24(12-13-24)20-8-10-21(25)11-9-20/h6-11,14,16H,2-5,12-13,15H2,1H3,(H,26,27). The predicted octanol–water partition coefficient (Wildman–Crippen LogP) is 4.67. The zero-order valence-corrected chi connectivity index (χ0v) is 17.4. The van der Waals surface area contributed by atoms with E-state index in [-0.39, 0.29) is 24.5 Å². The number of benzene rings is 2. The smallest absolute Gasteiger partial charge is 0.317 e. The molecule has 0 spiro atoms. The molecule has 1 amide bonds. The number of esters is 1. The number of aryl methyl sites for hydroxylation is 2. The molecule has 1 saturated carbocycles. The lowest BCUT2D eigenvalue weighted by Gasteiger charge is -2.20. The highest BCUT2D eigenvalue weighted by molar-refractivity contribution is 6.30. The van der Waals surface area contributed by atoms with E-state index in [2.05, 4.69) is 23.5 Å². The molecule has 2 aliphatic rings. The molecule has 29 heavy (non-hydrogen) atoms. The Bertz CT molecular complexity index is 918. The molecule has 0 radical (unpaired) electrons. The lowest BCUT2D eigenvalue weighted by atomic mass is 9.89. The van der Waals surface area contributed by atoms with Crippen LogP contribution in [0.1, 0.15) is 60.9 Å². The molecule has 0 saturated heterocycles. The molecule has 0 bridgehead atoms. The van der Waals surface area contributed by atoms with E-state index in [1.54, 1.807) is 12.1 Å². The van der Waals surface area contributed by atoms with Gasteiger partial charge in [0.15, 0.2) is 6.61 Å². The fraction of sp³-hybridized carbons (Fsp3) is 0.417. The van der Waals surface area contributed by atoms with Crippen molar-refractivity contribution in [1.82, 2.24) is 5.32 Å². The van der Waals surface area contributed by atoms with E-state index < -0.39 is 5.41 Å². The second kappa shape index (κ2) is 8.19. The van der Waals surface area contributed by atoms with Crippen molar-refractivity contribution in [3.05, 3.63) is 69.7 Å². The van der Waals surface area contributed by atoms with E-state index in [1.807, 2.05) is 19.1 Å². The molecular formula is C24H26ClNO3. The number of hydrogen-bond donors (Lipinski definition) is 1. The van der Waals surface area contributed by atoms with E-state index >= 15 is 0 Å². The van der Waals surface area contributed by atoms with Crippen LogP contribution < -0.4 is 5.32 Å². The molecule has 0 heterocycles. The number of amides is 1. The lowest BCUT2D eigenvalue weighted by Crippen LogP contribution is -2.33. The van der Waals surface area contributed by atoms with Crippen molar-refractivity contribution in [2.75, 3.05) is 6.61 Å². The first-order valence-electron chi connectivity index (χ1n) is 10.3. The molecule has 2 aliphatic carbocycles. The van der Waals surface area contributed by atoms with Gasteiger partial charge in [-0.1, -0.05) is 41.9 Å². The maximum Gasteiger partial charge on any atom is 0.317 e. The van der Waals surface area contributed by atoms with E-state index in [0.717, 1.165) is 36.8 Å². The normalized spacial score (nSPS) is 17.7. The van der Waals surface area contributed by atoms with Crippen LogP contribution in [0.15, 0.2) is 42.5 Å². The monoisotopic (exact) mass is 411 g/mol. The van der Waals surface area contributed by atoms with Crippen molar-refractivity contribution >= 4 is 23.5 Å². The third-order valence-corrected chi connectivity index (χ3v) is 6.37. The Morgan fingerprint density at radius 1 is 1.07 bits per heavy atom. The highest BCUT2D eigenvalue weighted by Crippen LogP contribution is 2.49. The topological polar surface area (TPSA) is 55.4 Å². The summed E-state index contributed by atoms with van der Waals surface area (Å²) in [7, 11) is 0. The number of fused-ring (bicyclic) bond motifs is 1. The van der Waals surface area contributed by atoms with Gasteiger partial charge in [0.05, 0.1) is 11.5 Å². The number of nitrogens with one attached hydrogen (secondary N) is 1. The molecule has 4 rings (SSSR count). The zero-order valence-electron chi connectivity index (χ0n) is 16.7. The maximum absolute atomic E-state index is 12.6. The summed E-state index contributed by atoms with van der Waals surface area (Å²) in [5.41, 5.74) is 4.18. The van der Waals surface area contributed by atoms with Crippen LogP contribution in [-0.2, 0) is 32.6 Å². The Hall–Kier alpha value is -2.33. The predicted molar refractivity (Wildman–Crippen MR) is 113 cm³/mol. The highest BCUT2D eigenvalue weighted by Gasteiger charge is 2.52. The molecule has 1 N–H and O–H groups in total. The average molecular weight is 412 g/mol. The first-order valence-corrected chi connectivity index (χ1v) is 10.7. The average Bonchev–Trinajstić information content (AvgIpc) is 3.54. The van der Waals surface area contributed by atoms with Gasteiger partial charge in [0.1, 0.15) is 0 Å². The molecule has 5 heteroatoms. The number of carbonyl (C=O) groups is 2. The van der Waals surface area contributed by atoms with Crippen molar-refractivity contribution in [3.8, 4) is 0 Å². The summed E-state index contributed by atoms with van der Waals surface area (Å²) in [6, 6.07) is 13.6. The van der Waals surface area contributed by atoms with Crippen molar-refractivity contribution in [3.63, 3.8) is 0 Å².